The summed E-state index contributed by atoms with van der Waals surface area (Å²) < 4.78 is 0. The molecule has 0 bridgehead atoms. The van der Waals surface area contributed by atoms with Crippen LogP contribution in [-0.2, 0) is 0 Å². The first-order valence-corrected chi connectivity index (χ1v) is 9.75. The topological polar surface area (TPSA) is 28.7 Å². The Morgan fingerprint density at radius 2 is 0.966 bits per heavy atom. The molecule has 0 saturated heterocycles. The van der Waals surface area contributed by atoms with Gasteiger partial charge in [0.1, 0.15) is 5.82 Å². The lowest BCUT2D eigenvalue weighted by Gasteiger charge is -2.19. The molecule has 0 atom stereocenters. The summed E-state index contributed by atoms with van der Waals surface area (Å²) >= 11 is 0. The number of imidazole rings is 1. The molecule has 4 aromatic carbocycles. The predicted molar refractivity (Wildman–Crippen MR) is 120 cm³/mol. The van der Waals surface area contributed by atoms with E-state index in [0.717, 1.165) is 11.4 Å². The van der Waals surface area contributed by atoms with E-state index in [4.69, 9.17) is 0 Å². The average Bonchev–Trinajstić information content (AvgIpc) is 3.35. The molecule has 0 fully saturated rings. The molecular weight excluding hydrogens is 352 g/mol. The number of rotatable bonds is 4. The molecule has 5 aromatic rings. The SMILES string of the molecule is c1ccc(-c2ccc(-c3ncc[nH]3)c(-c3ccccc3)c2-c2ccccc2)cc1. The molecule has 1 heterocycles. The third-order valence-electron chi connectivity index (χ3n) is 5.17. The van der Waals surface area contributed by atoms with Crippen molar-refractivity contribution in [1.29, 1.82) is 0 Å². The molecule has 0 unspecified atom stereocenters. The van der Waals surface area contributed by atoms with Gasteiger partial charge in [-0.3, -0.25) is 0 Å². The highest BCUT2D eigenvalue weighted by Gasteiger charge is 2.19. The van der Waals surface area contributed by atoms with E-state index in [2.05, 4.69) is 113 Å². The van der Waals surface area contributed by atoms with Crippen molar-refractivity contribution in [2.75, 3.05) is 0 Å². The monoisotopic (exact) mass is 372 g/mol. The van der Waals surface area contributed by atoms with E-state index in [-0.39, 0.29) is 0 Å². The molecule has 5 rings (SSSR count). The number of nitrogens with one attached hydrogen (secondary N) is 1. The van der Waals surface area contributed by atoms with Gasteiger partial charge in [0.25, 0.3) is 0 Å². The smallest absolute Gasteiger partial charge is 0.137 e. The lowest BCUT2D eigenvalue weighted by molar-refractivity contribution is 1.31. The zero-order valence-electron chi connectivity index (χ0n) is 15.9. The summed E-state index contributed by atoms with van der Waals surface area (Å²) in [6.07, 6.45) is 3.68. The first kappa shape index (κ1) is 17.2. The average molecular weight is 372 g/mol. The van der Waals surface area contributed by atoms with E-state index >= 15 is 0 Å². The summed E-state index contributed by atoms with van der Waals surface area (Å²) in [7, 11) is 0. The van der Waals surface area contributed by atoms with Crippen molar-refractivity contribution in [3.8, 4) is 44.8 Å². The van der Waals surface area contributed by atoms with Crippen molar-refractivity contribution in [2.24, 2.45) is 0 Å². The fourth-order valence-electron chi connectivity index (χ4n) is 3.88. The number of hydrogen-bond donors (Lipinski definition) is 1. The van der Waals surface area contributed by atoms with E-state index in [9.17, 15) is 0 Å². The van der Waals surface area contributed by atoms with Crippen molar-refractivity contribution in [1.82, 2.24) is 9.97 Å². The number of aromatic nitrogens is 2. The maximum absolute atomic E-state index is 4.55. The molecule has 1 N–H and O–H groups in total. The Morgan fingerprint density at radius 1 is 0.483 bits per heavy atom. The maximum atomic E-state index is 4.55. The van der Waals surface area contributed by atoms with Crippen LogP contribution in [0.4, 0.5) is 0 Å². The molecule has 29 heavy (non-hydrogen) atoms. The van der Waals surface area contributed by atoms with E-state index in [1.807, 2.05) is 6.20 Å². The molecule has 138 valence electrons. The second kappa shape index (κ2) is 7.61. The minimum absolute atomic E-state index is 0.876. The first-order chi connectivity index (χ1) is 14.4. The number of nitrogens with zero attached hydrogens (tertiary/aromatic N) is 1. The van der Waals surface area contributed by atoms with Gasteiger partial charge in [0, 0.05) is 23.5 Å². The lowest BCUT2D eigenvalue weighted by Crippen LogP contribution is -1.95. The minimum atomic E-state index is 0.876. The van der Waals surface area contributed by atoms with E-state index in [1.54, 1.807) is 6.20 Å². The van der Waals surface area contributed by atoms with Crippen molar-refractivity contribution in [2.45, 2.75) is 0 Å². The number of hydrogen-bond acceptors (Lipinski definition) is 1. The van der Waals surface area contributed by atoms with Crippen LogP contribution in [0, 0.1) is 0 Å². The van der Waals surface area contributed by atoms with Gasteiger partial charge < -0.3 is 4.98 Å². The van der Waals surface area contributed by atoms with Gasteiger partial charge in [0.15, 0.2) is 0 Å². The van der Waals surface area contributed by atoms with E-state index in [0.29, 0.717) is 0 Å². The third-order valence-corrected chi connectivity index (χ3v) is 5.17. The second-order valence-electron chi connectivity index (χ2n) is 6.95. The van der Waals surface area contributed by atoms with Crippen LogP contribution in [0.15, 0.2) is 116 Å². The van der Waals surface area contributed by atoms with Crippen LogP contribution in [0.5, 0.6) is 0 Å². The molecule has 0 amide bonds. The molecule has 0 aliphatic rings. The standard InChI is InChI=1S/C27H20N2/c1-4-10-20(11-5-1)23-16-17-24(27-28-18-19-29-27)26(22-14-8-3-9-15-22)25(23)21-12-6-2-7-13-21/h1-19H,(H,28,29). The zero-order chi connectivity index (χ0) is 19.5. The van der Waals surface area contributed by atoms with E-state index < -0.39 is 0 Å². The van der Waals surface area contributed by atoms with Crippen molar-refractivity contribution >= 4 is 0 Å². The Kier molecular flexibility index (Phi) is 4.51. The molecular formula is C27H20N2. The Labute approximate surface area is 170 Å². The molecule has 0 saturated carbocycles. The molecule has 2 heteroatoms. The van der Waals surface area contributed by atoms with Gasteiger partial charge in [-0.15, -0.1) is 0 Å². The van der Waals surface area contributed by atoms with Crippen molar-refractivity contribution in [3.63, 3.8) is 0 Å². The fraction of sp³-hybridized carbons (Fsp3) is 0. The highest BCUT2D eigenvalue weighted by molar-refractivity contribution is 6.00. The van der Waals surface area contributed by atoms with Crippen LogP contribution in [0.25, 0.3) is 44.8 Å². The summed E-state index contributed by atoms with van der Waals surface area (Å²) in [5.41, 5.74) is 8.29. The quantitative estimate of drug-likeness (QED) is 0.359. The lowest BCUT2D eigenvalue weighted by atomic mass is 9.84. The second-order valence-corrected chi connectivity index (χ2v) is 6.95. The van der Waals surface area contributed by atoms with Gasteiger partial charge in [-0.1, -0.05) is 97.1 Å². The van der Waals surface area contributed by atoms with Crippen LogP contribution < -0.4 is 0 Å². The largest absolute Gasteiger partial charge is 0.345 e. The number of H-pyrrole nitrogens is 1. The molecule has 1 aromatic heterocycles. The summed E-state index contributed by atoms with van der Waals surface area (Å²) in [6.45, 7) is 0. The van der Waals surface area contributed by atoms with Crippen LogP contribution in [0.2, 0.25) is 0 Å². The van der Waals surface area contributed by atoms with Crippen LogP contribution in [0.1, 0.15) is 0 Å². The van der Waals surface area contributed by atoms with Crippen LogP contribution in [-0.4, -0.2) is 9.97 Å². The summed E-state index contributed by atoms with van der Waals surface area (Å²) in [6, 6.07) is 36.1. The summed E-state index contributed by atoms with van der Waals surface area (Å²) in [5.74, 6) is 0.876. The zero-order valence-corrected chi connectivity index (χ0v) is 15.9. The van der Waals surface area contributed by atoms with Gasteiger partial charge in [-0.2, -0.15) is 0 Å². The number of aromatic amines is 1. The van der Waals surface area contributed by atoms with Crippen LogP contribution >= 0.6 is 0 Å². The molecule has 0 radical (unpaired) electrons. The van der Waals surface area contributed by atoms with Crippen LogP contribution in [0.3, 0.4) is 0 Å². The Hall–Kier alpha value is -3.91. The Morgan fingerprint density at radius 3 is 1.48 bits per heavy atom. The first-order valence-electron chi connectivity index (χ1n) is 9.75. The van der Waals surface area contributed by atoms with Gasteiger partial charge in [0.2, 0.25) is 0 Å². The minimum Gasteiger partial charge on any atom is -0.345 e. The van der Waals surface area contributed by atoms with Gasteiger partial charge in [0.05, 0.1) is 0 Å². The Balaban J connectivity index is 1.91. The van der Waals surface area contributed by atoms with Crippen molar-refractivity contribution < 1.29 is 0 Å². The van der Waals surface area contributed by atoms with Gasteiger partial charge in [-0.25, -0.2) is 4.98 Å². The molecule has 0 aliphatic heterocycles. The highest BCUT2D eigenvalue weighted by atomic mass is 14.9. The summed E-state index contributed by atoms with van der Waals surface area (Å²) in [5, 5.41) is 0. The van der Waals surface area contributed by atoms with Crippen molar-refractivity contribution in [3.05, 3.63) is 116 Å². The normalized spacial score (nSPS) is 10.8. The maximum Gasteiger partial charge on any atom is 0.137 e. The number of benzene rings is 4. The molecule has 0 aliphatic carbocycles. The van der Waals surface area contributed by atoms with E-state index in [1.165, 1.54) is 33.4 Å². The van der Waals surface area contributed by atoms with Gasteiger partial charge in [-0.05, 0) is 33.9 Å². The fourth-order valence-corrected chi connectivity index (χ4v) is 3.88. The van der Waals surface area contributed by atoms with Gasteiger partial charge >= 0.3 is 0 Å². The third kappa shape index (κ3) is 3.26. The highest BCUT2D eigenvalue weighted by Crippen LogP contribution is 2.44. The molecule has 0 spiro atoms. The molecule has 2 nitrogen and oxygen atoms in total. The predicted octanol–water partition coefficient (Wildman–Crippen LogP) is 7.08. The summed E-state index contributed by atoms with van der Waals surface area (Å²) in [4.78, 5) is 7.84. The Bertz CT molecular complexity index is 1210.